The van der Waals surface area contributed by atoms with Gasteiger partial charge >= 0.3 is 11.9 Å². The first-order valence-corrected chi connectivity index (χ1v) is 10.1. The van der Waals surface area contributed by atoms with E-state index < -0.39 is 29.4 Å². The standard InChI is InChI=1S/C19H25N3O6S/c1-6-10(3)14(18(25)27-5)21-12(23)8-22-9-20-16-13(17(22)24)11(4)15(29-16)19(26)28-7-2/h9-10,14H,6-8H2,1-5H3,(H,21,23)/t10-,14+/m0/s1. The largest absolute Gasteiger partial charge is 0.467 e. The lowest BCUT2D eigenvalue weighted by Gasteiger charge is -2.21. The Labute approximate surface area is 172 Å². The van der Waals surface area contributed by atoms with E-state index in [1.165, 1.54) is 13.4 Å². The summed E-state index contributed by atoms with van der Waals surface area (Å²) in [4.78, 5) is 54.2. The van der Waals surface area contributed by atoms with E-state index in [2.05, 4.69) is 10.3 Å². The molecule has 0 fully saturated rings. The van der Waals surface area contributed by atoms with E-state index in [4.69, 9.17) is 9.47 Å². The van der Waals surface area contributed by atoms with Gasteiger partial charge in [0, 0.05) is 0 Å². The van der Waals surface area contributed by atoms with Gasteiger partial charge in [-0.2, -0.15) is 0 Å². The Hall–Kier alpha value is -2.75. The highest BCUT2D eigenvalue weighted by atomic mass is 32.1. The molecule has 0 aliphatic heterocycles. The highest BCUT2D eigenvalue weighted by Crippen LogP contribution is 2.27. The summed E-state index contributed by atoms with van der Waals surface area (Å²) in [6.07, 6.45) is 1.92. The van der Waals surface area contributed by atoms with Gasteiger partial charge in [0.15, 0.2) is 0 Å². The van der Waals surface area contributed by atoms with Crippen molar-refractivity contribution in [2.24, 2.45) is 5.92 Å². The first kappa shape index (κ1) is 22.5. The number of nitrogens with zero attached hydrogens (tertiary/aromatic N) is 2. The van der Waals surface area contributed by atoms with Gasteiger partial charge in [-0.1, -0.05) is 20.3 Å². The van der Waals surface area contributed by atoms with E-state index in [0.717, 1.165) is 15.9 Å². The maximum absolute atomic E-state index is 12.9. The minimum Gasteiger partial charge on any atom is -0.467 e. The fourth-order valence-corrected chi connectivity index (χ4v) is 3.87. The molecule has 2 heterocycles. The number of ether oxygens (including phenoxy) is 2. The third kappa shape index (κ3) is 4.81. The predicted octanol–water partition coefficient (Wildman–Crippen LogP) is 1.65. The van der Waals surface area contributed by atoms with Crippen molar-refractivity contribution in [3.05, 3.63) is 27.1 Å². The zero-order chi connectivity index (χ0) is 21.7. The number of fused-ring (bicyclic) bond motifs is 1. The number of carbonyl (C=O) groups excluding carboxylic acids is 3. The van der Waals surface area contributed by atoms with Gasteiger partial charge in [-0.15, -0.1) is 11.3 Å². The Morgan fingerprint density at radius 1 is 1.31 bits per heavy atom. The van der Waals surface area contributed by atoms with Crippen LogP contribution < -0.4 is 10.9 Å². The normalized spacial score (nSPS) is 13.0. The highest BCUT2D eigenvalue weighted by Gasteiger charge is 2.27. The number of methoxy groups -OCH3 is 1. The Kier molecular flexibility index (Phi) is 7.49. The van der Waals surface area contributed by atoms with Crippen molar-refractivity contribution < 1.29 is 23.9 Å². The average molecular weight is 423 g/mol. The molecule has 0 spiro atoms. The van der Waals surface area contributed by atoms with Crippen LogP contribution in [0.3, 0.4) is 0 Å². The lowest BCUT2D eigenvalue weighted by Crippen LogP contribution is -2.47. The number of aromatic nitrogens is 2. The lowest BCUT2D eigenvalue weighted by atomic mass is 9.99. The maximum atomic E-state index is 12.9. The summed E-state index contributed by atoms with van der Waals surface area (Å²) in [7, 11) is 1.26. The molecule has 0 bridgehead atoms. The number of aryl methyl sites for hydroxylation is 1. The summed E-state index contributed by atoms with van der Waals surface area (Å²) in [5, 5.41) is 2.90. The van der Waals surface area contributed by atoms with Gasteiger partial charge in [-0.3, -0.25) is 14.2 Å². The van der Waals surface area contributed by atoms with E-state index in [1.54, 1.807) is 13.8 Å². The SMILES string of the molecule is CCOC(=O)c1sc2ncn(CC(=O)N[C@@H](C(=O)OC)[C@@H](C)CC)c(=O)c2c1C. The number of thiophene rings is 1. The highest BCUT2D eigenvalue weighted by molar-refractivity contribution is 7.20. The van der Waals surface area contributed by atoms with E-state index >= 15 is 0 Å². The van der Waals surface area contributed by atoms with Gasteiger partial charge in [-0.25, -0.2) is 14.6 Å². The second-order valence-corrected chi connectivity index (χ2v) is 7.59. The quantitative estimate of drug-likeness (QED) is 0.642. The van der Waals surface area contributed by atoms with E-state index in [0.29, 0.717) is 21.7 Å². The molecule has 158 valence electrons. The zero-order valence-electron chi connectivity index (χ0n) is 17.1. The summed E-state index contributed by atoms with van der Waals surface area (Å²) in [6.45, 7) is 6.99. The van der Waals surface area contributed by atoms with Crippen LogP contribution in [0.15, 0.2) is 11.1 Å². The summed E-state index contributed by atoms with van der Waals surface area (Å²) >= 11 is 1.08. The van der Waals surface area contributed by atoms with Crippen LogP contribution >= 0.6 is 11.3 Å². The Morgan fingerprint density at radius 3 is 2.59 bits per heavy atom. The van der Waals surface area contributed by atoms with Crippen molar-refractivity contribution in [2.75, 3.05) is 13.7 Å². The molecular weight excluding hydrogens is 398 g/mol. The monoisotopic (exact) mass is 423 g/mol. The van der Waals surface area contributed by atoms with Crippen LogP contribution in [0, 0.1) is 12.8 Å². The maximum Gasteiger partial charge on any atom is 0.348 e. The second-order valence-electron chi connectivity index (χ2n) is 6.59. The molecule has 1 N–H and O–H groups in total. The number of hydrogen-bond acceptors (Lipinski definition) is 8. The number of amides is 1. The van der Waals surface area contributed by atoms with Crippen molar-refractivity contribution in [1.29, 1.82) is 0 Å². The third-order valence-corrected chi connectivity index (χ3v) is 5.86. The molecular formula is C19H25N3O6S. The lowest BCUT2D eigenvalue weighted by molar-refractivity contribution is -0.146. The van der Waals surface area contributed by atoms with Crippen LogP contribution in [0.5, 0.6) is 0 Å². The minimum absolute atomic E-state index is 0.130. The smallest absolute Gasteiger partial charge is 0.348 e. The first-order chi connectivity index (χ1) is 13.7. The molecule has 29 heavy (non-hydrogen) atoms. The van der Waals surface area contributed by atoms with Crippen LogP contribution in [0.25, 0.3) is 10.2 Å². The van der Waals surface area contributed by atoms with Crippen LogP contribution in [0.1, 0.15) is 42.4 Å². The molecule has 10 heteroatoms. The molecule has 0 radical (unpaired) electrons. The number of nitrogens with one attached hydrogen (secondary N) is 1. The molecule has 0 unspecified atom stereocenters. The molecule has 0 saturated carbocycles. The summed E-state index contributed by atoms with van der Waals surface area (Å²) in [6, 6.07) is -0.803. The molecule has 9 nitrogen and oxygen atoms in total. The van der Waals surface area contributed by atoms with Gasteiger partial charge < -0.3 is 14.8 Å². The Balaban J connectivity index is 2.30. The summed E-state index contributed by atoms with van der Waals surface area (Å²) in [5.41, 5.74) is 0.0374. The number of rotatable bonds is 8. The number of esters is 2. The van der Waals surface area contributed by atoms with Crippen molar-refractivity contribution in [3.8, 4) is 0 Å². The predicted molar refractivity (Wildman–Crippen MR) is 108 cm³/mol. The molecule has 2 rings (SSSR count). The fraction of sp³-hybridized carbons (Fsp3) is 0.526. The van der Waals surface area contributed by atoms with Crippen LogP contribution in [0.4, 0.5) is 0 Å². The van der Waals surface area contributed by atoms with Gasteiger partial charge in [-0.05, 0) is 25.3 Å². The van der Waals surface area contributed by atoms with E-state index in [1.807, 2.05) is 13.8 Å². The van der Waals surface area contributed by atoms with E-state index in [9.17, 15) is 19.2 Å². The van der Waals surface area contributed by atoms with Gasteiger partial charge in [0.2, 0.25) is 5.91 Å². The van der Waals surface area contributed by atoms with Crippen LogP contribution in [-0.2, 0) is 25.6 Å². The van der Waals surface area contributed by atoms with Gasteiger partial charge in [0.05, 0.1) is 25.4 Å². The fourth-order valence-electron chi connectivity index (χ4n) is 2.83. The minimum atomic E-state index is -0.803. The van der Waals surface area contributed by atoms with Crippen LogP contribution in [-0.4, -0.2) is 47.2 Å². The molecule has 2 aromatic rings. The van der Waals surface area contributed by atoms with Gasteiger partial charge in [0.1, 0.15) is 22.3 Å². The molecule has 0 aromatic carbocycles. The van der Waals surface area contributed by atoms with Crippen molar-refractivity contribution >= 4 is 39.4 Å². The third-order valence-electron chi connectivity index (χ3n) is 4.68. The molecule has 0 saturated heterocycles. The first-order valence-electron chi connectivity index (χ1n) is 9.27. The number of carbonyl (C=O) groups is 3. The van der Waals surface area contributed by atoms with Crippen molar-refractivity contribution in [2.45, 2.75) is 46.7 Å². The van der Waals surface area contributed by atoms with Gasteiger partial charge in [0.25, 0.3) is 5.56 Å². The second kappa shape index (κ2) is 9.64. The number of hydrogen-bond donors (Lipinski definition) is 1. The average Bonchev–Trinajstić information content (AvgIpc) is 3.04. The molecule has 2 aromatic heterocycles. The molecule has 0 aliphatic rings. The van der Waals surface area contributed by atoms with E-state index in [-0.39, 0.29) is 24.5 Å². The molecule has 0 aliphatic carbocycles. The topological polar surface area (TPSA) is 117 Å². The Bertz CT molecular complexity index is 980. The summed E-state index contributed by atoms with van der Waals surface area (Å²) < 4.78 is 10.9. The zero-order valence-corrected chi connectivity index (χ0v) is 17.9. The Morgan fingerprint density at radius 2 is 2.00 bits per heavy atom. The van der Waals surface area contributed by atoms with Crippen molar-refractivity contribution in [1.82, 2.24) is 14.9 Å². The molecule has 2 atom stereocenters. The van der Waals surface area contributed by atoms with Crippen molar-refractivity contribution in [3.63, 3.8) is 0 Å². The molecule has 1 amide bonds. The summed E-state index contributed by atoms with van der Waals surface area (Å²) in [5.74, 6) is -1.69. The van der Waals surface area contributed by atoms with Crippen LogP contribution in [0.2, 0.25) is 0 Å².